The van der Waals surface area contributed by atoms with Crippen molar-refractivity contribution >= 4 is 32.9 Å². The van der Waals surface area contributed by atoms with Crippen molar-refractivity contribution in [3.05, 3.63) is 41.7 Å². The van der Waals surface area contributed by atoms with Crippen LogP contribution >= 0.6 is 11.8 Å². The molecule has 2 N–H and O–H groups in total. The van der Waals surface area contributed by atoms with Crippen LogP contribution in [0.25, 0.3) is 5.65 Å². The number of sulfone groups is 1. The van der Waals surface area contributed by atoms with Crippen molar-refractivity contribution in [3.63, 3.8) is 0 Å². The van der Waals surface area contributed by atoms with Gasteiger partial charge >= 0.3 is 0 Å². The summed E-state index contributed by atoms with van der Waals surface area (Å²) in [6.45, 7) is 3.56. The van der Waals surface area contributed by atoms with Crippen LogP contribution in [0.5, 0.6) is 0 Å². The highest BCUT2D eigenvalue weighted by Crippen LogP contribution is 2.33. The van der Waals surface area contributed by atoms with Gasteiger partial charge in [0, 0.05) is 0 Å². The summed E-state index contributed by atoms with van der Waals surface area (Å²) in [6.07, 6.45) is 1.79. The van der Waals surface area contributed by atoms with Gasteiger partial charge in [0.1, 0.15) is 5.03 Å². The number of nitrogen functional groups attached to an aromatic ring is 1. The first-order chi connectivity index (χ1) is 10.9. The Balaban J connectivity index is 2.42. The van der Waals surface area contributed by atoms with Crippen LogP contribution in [-0.4, -0.2) is 29.3 Å². The molecule has 3 rings (SSSR count). The molecule has 1 aromatic carbocycles. The van der Waals surface area contributed by atoms with Gasteiger partial charge in [-0.2, -0.15) is 5.10 Å². The zero-order valence-corrected chi connectivity index (χ0v) is 14.6. The van der Waals surface area contributed by atoms with Crippen LogP contribution in [0, 0.1) is 13.8 Å². The molecule has 0 unspecified atom stereocenters. The van der Waals surface area contributed by atoms with Crippen LogP contribution in [0.15, 0.2) is 45.1 Å². The Bertz CT molecular complexity index is 995. The maximum Gasteiger partial charge on any atom is 0.213 e. The predicted octanol–water partition coefficient (Wildman–Crippen LogP) is 2.48. The van der Waals surface area contributed by atoms with E-state index in [2.05, 4.69) is 10.1 Å². The van der Waals surface area contributed by atoms with E-state index in [1.54, 1.807) is 50.4 Å². The number of anilines is 1. The van der Waals surface area contributed by atoms with Gasteiger partial charge in [-0.25, -0.2) is 17.9 Å². The summed E-state index contributed by atoms with van der Waals surface area (Å²) in [7, 11) is -3.72. The number of nitrogens with zero attached hydrogens (tertiary/aromatic N) is 3. The third kappa shape index (κ3) is 2.38. The summed E-state index contributed by atoms with van der Waals surface area (Å²) < 4.78 is 27.6. The molecule has 0 saturated carbocycles. The molecule has 3 aromatic rings. The van der Waals surface area contributed by atoms with Gasteiger partial charge in [0.15, 0.2) is 10.5 Å². The summed E-state index contributed by atoms with van der Waals surface area (Å²) in [5.41, 5.74) is 8.08. The van der Waals surface area contributed by atoms with E-state index in [0.717, 1.165) is 0 Å². The normalized spacial score (nSPS) is 12.0. The van der Waals surface area contributed by atoms with Crippen LogP contribution in [-0.2, 0) is 9.84 Å². The summed E-state index contributed by atoms with van der Waals surface area (Å²) in [5, 5.41) is 4.79. The third-order valence-electron chi connectivity index (χ3n) is 3.68. The minimum absolute atomic E-state index is 0.127. The van der Waals surface area contributed by atoms with Crippen molar-refractivity contribution in [3.8, 4) is 0 Å². The lowest BCUT2D eigenvalue weighted by Gasteiger charge is -2.07. The highest BCUT2D eigenvalue weighted by atomic mass is 32.2. The fourth-order valence-electron chi connectivity index (χ4n) is 2.39. The molecule has 0 aliphatic heterocycles. The number of hydrogen-bond donors (Lipinski definition) is 1. The number of aromatic nitrogens is 3. The molecule has 23 heavy (non-hydrogen) atoms. The predicted molar refractivity (Wildman–Crippen MR) is 90.5 cm³/mol. The quantitative estimate of drug-likeness (QED) is 0.731. The van der Waals surface area contributed by atoms with Crippen LogP contribution in [0.4, 0.5) is 5.69 Å². The smallest absolute Gasteiger partial charge is 0.213 e. The number of aryl methyl sites for hydroxylation is 2. The molecule has 2 aromatic heterocycles. The van der Waals surface area contributed by atoms with Crippen molar-refractivity contribution in [2.45, 2.75) is 28.7 Å². The van der Waals surface area contributed by atoms with Crippen molar-refractivity contribution in [2.75, 3.05) is 12.0 Å². The average Bonchev–Trinajstić information content (AvgIpc) is 2.93. The standard InChI is InChI=1S/C15H16N4O2S2/c1-9-12(16)10(2)19-14(17-9)13(15(18-19)22-3)23(20,21)11-7-5-4-6-8-11/h4-8H,16H2,1-3H3. The first kappa shape index (κ1) is 15.8. The maximum absolute atomic E-state index is 13.1. The molecule has 0 aliphatic carbocycles. The molecule has 6 nitrogen and oxygen atoms in total. The van der Waals surface area contributed by atoms with Crippen LogP contribution in [0.1, 0.15) is 11.4 Å². The zero-order valence-electron chi connectivity index (χ0n) is 12.9. The summed E-state index contributed by atoms with van der Waals surface area (Å²) in [5.74, 6) is 0. The lowest BCUT2D eigenvalue weighted by Crippen LogP contribution is -2.07. The van der Waals surface area contributed by atoms with E-state index in [9.17, 15) is 8.42 Å². The average molecular weight is 348 g/mol. The van der Waals surface area contributed by atoms with E-state index in [4.69, 9.17) is 5.73 Å². The number of nitrogens with two attached hydrogens (primary N) is 1. The molecule has 0 aliphatic rings. The van der Waals surface area contributed by atoms with E-state index >= 15 is 0 Å². The Morgan fingerprint density at radius 2 is 1.83 bits per heavy atom. The van der Waals surface area contributed by atoms with Gasteiger partial charge in [0.05, 0.1) is 22.0 Å². The van der Waals surface area contributed by atoms with Gasteiger partial charge in [0.25, 0.3) is 0 Å². The van der Waals surface area contributed by atoms with Crippen molar-refractivity contribution in [1.29, 1.82) is 0 Å². The van der Waals surface area contributed by atoms with Crippen molar-refractivity contribution in [1.82, 2.24) is 14.6 Å². The molecule has 0 atom stereocenters. The second-order valence-electron chi connectivity index (χ2n) is 5.09. The molecular formula is C15H16N4O2S2. The zero-order chi connectivity index (χ0) is 16.8. The molecule has 0 spiro atoms. The first-order valence-electron chi connectivity index (χ1n) is 6.87. The molecule has 0 saturated heterocycles. The summed E-state index contributed by atoms with van der Waals surface area (Å²) >= 11 is 1.27. The number of thioether (sulfide) groups is 1. The Hall–Kier alpha value is -2.06. The van der Waals surface area contributed by atoms with Crippen LogP contribution in [0.2, 0.25) is 0 Å². The Labute approximate surface area is 138 Å². The van der Waals surface area contributed by atoms with Crippen LogP contribution < -0.4 is 5.73 Å². The Kier molecular flexibility index (Phi) is 3.81. The second kappa shape index (κ2) is 5.54. The monoisotopic (exact) mass is 348 g/mol. The summed E-state index contributed by atoms with van der Waals surface area (Å²) in [6, 6.07) is 8.30. The van der Waals surface area contributed by atoms with E-state index in [1.807, 2.05) is 0 Å². The molecule has 0 radical (unpaired) electrons. The molecule has 0 amide bonds. The molecular weight excluding hydrogens is 332 g/mol. The SMILES string of the molecule is CSc1nn2c(C)c(N)c(C)nc2c1S(=O)(=O)c1ccccc1. The first-order valence-corrected chi connectivity index (χ1v) is 9.58. The molecule has 8 heteroatoms. The van der Waals surface area contributed by atoms with Gasteiger partial charge in [0.2, 0.25) is 9.84 Å². The lowest BCUT2D eigenvalue weighted by molar-refractivity contribution is 0.594. The third-order valence-corrected chi connectivity index (χ3v) is 6.28. The fraction of sp³-hybridized carbons (Fsp3) is 0.200. The fourth-order valence-corrected chi connectivity index (χ4v) is 4.80. The molecule has 0 bridgehead atoms. The number of benzene rings is 1. The minimum atomic E-state index is -3.72. The van der Waals surface area contributed by atoms with Gasteiger partial charge in [-0.05, 0) is 32.2 Å². The van der Waals surface area contributed by atoms with E-state index in [1.165, 1.54) is 16.3 Å². The number of hydrogen-bond acceptors (Lipinski definition) is 6. The topological polar surface area (TPSA) is 90.3 Å². The number of fused-ring (bicyclic) bond motifs is 1. The molecule has 120 valence electrons. The lowest BCUT2D eigenvalue weighted by atomic mass is 10.3. The van der Waals surface area contributed by atoms with Gasteiger partial charge in [-0.15, -0.1) is 11.8 Å². The largest absolute Gasteiger partial charge is 0.396 e. The van der Waals surface area contributed by atoms with Gasteiger partial charge < -0.3 is 5.73 Å². The Morgan fingerprint density at radius 1 is 1.17 bits per heavy atom. The highest BCUT2D eigenvalue weighted by molar-refractivity contribution is 7.99. The van der Waals surface area contributed by atoms with E-state index in [0.29, 0.717) is 27.7 Å². The summed E-state index contributed by atoms with van der Waals surface area (Å²) in [4.78, 5) is 4.73. The van der Waals surface area contributed by atoms with E-state index in [-0.39, 0.29) is 9.79 Å². The maximum atomic E-state index is 13.1. The van der Waals surface area contributed by atoms with Crippen molar-refractivity contribution < 1.29 is 8.42 Å². The Morgan fingerprint density at radius 3 is 2.43 bits per heavy atom. The van der Waals surface area contributed by atoms with Crippen LogP contribution in [0.3, 0.4) is 0 Å². The molecule has 0 fully saturated rings. The second-order valence-corrected chi connectivity index (χ2v) is 7.77. The highest BCUT2D eigenvalue weighted by Gasteiger charge is 2.29. The minimum Gasteiger partial charge on any atom is -0.396 e. The van der Waals surface area contributed by atoms with Gasteiger partial charge in [-0.1, -0.05) is 18.2 Å². The number of rotatable bonds is 3. The van der Waals surface area contributed by atoms with Gasteiger partial charge in [-0.3, -0.25) is 0 Å². The van der Waals surface area contributed by atoms with E-state index < -0.39 is 9.84 Å². The molecule has 2 heterocycles. The van der Waals surface area contributed by atoms with Crippen molar-refractivity contribution in [2.24, 2.45) is 0 Å².